The van der Waals surface area contributed by atoms with E-state index in [0.29, 0.717) is 22.7 Å². The van der Waals surface area contributed by atoms with Crippen LogP contribution >= 0.6 is 0 Å². The van der Waals surface area contributed by atoms with Crippen molar-refractivity contribution in [2.24, 2.45) is 0 Å². The van der Waals surface area contributed by atoms with E-state index in [9.17, 15) is 4.79 Å². The number of hydrogen-bond donors (Lipinski definition) is 1. The Morgan fingerprint density at radius 3 is 2.17 bits per heavy atom. The number of carbonyl (C=O) groups excluding carboxylic acids is 1. The van der Waals surface area contributed by atoms with Crippen molar-refractivity contribution in [2.45, 2.75) is 0 Å². The molecule has 1 aromatic heterocycles. The van der Waals surface area contributed by atoms with Crippen LogP contribution in [0.3, 0.4) is 0 Å². The van der Waals surface area contributed by atoms with E-state index in [2.05, 4.69) is 15.5 Å². The molecule has 0 atom stereocenters. The van der Waals surface area contributed by atoms with E-state index in [1.807, 2.05) is 30.3 Å². The number of nitrogens with zero attached hydrogens (tertiary/aromatic N) is 2. The molecule has 0 saturated heterocycles. The van der Waals surface area contributed by atoms with Gasteiger partial charge in [-0.2, -0.15) is 0 Å². The van der Waals surface area contributed by atoms with Crippen molar-refractivity contribution in [2.75, 3.05) is 12.4 Å². The topological polar surface area (TPSA) is 86.5 Å². The van der Waals surface area contributed by atoms with Crippen molar-refractivity contribution in [3.8, 4) is 28.7 Å². The van der Waals surface area contributed by atoms with E-state index in [4.69, 9.17) is 13.9 Å². The molecule has 0 saturated carbocycles. The van der Waals surface area contributed by atoms with Crippen molar-refractivity contribution in [3.63, 3.8) is 0 Å². The van der Waals surface area contributed by atoms with E-state index in [1.165, 1.54) is 0 Å². The first kappa shape index (κ1) is 18.2. The van der Waals surface area contributed by atoms with E-state index in [0.717, 1.165) is 5.75 Å². The first-order valence-corrected chi connectivity index (χ1v) is 8.83. The molecule has 7 heteroatoms. The predicted molar refractivity (Wildman–Crippen MR) is 107 cm³/mol. The molecule has 3 aromatic carbocycles. The summed E-state index contributed by atoms with van der Waals surface area (Å²) in [6.07, 6.45) is 0. The van der Waals surface area contributed by atoms with Gasteiger partial charge in [0.15, 0.2) is 0 Å². The molecule has 0 aliphatic carbocycles. The van der Waals surface area contributed by atoms with Crippen LogP contribution in [0, 0.1) is 0 Å². The minimum atomic E-state index is -0.492. The molecule has 0 spiro atoms. The quantitative estimate of drug-likeness (QED) is 0.512. The van der Waals surface area contributed by atoms with Crippen LogP contribution in [0.25, 0.3) is 11.5 Å². The smallest absolute Gasteiger partial charge is 0.313 e. The minimum Gasteiger partial charge on any atom is -0.497 e. The van der Waals surface area contributed by atoms with Gasteiger partial charge in [0.1, 0.15) is 17.2 Å². The summed E-state index contributed by atoms with van der Waals surface area (Å²) in [6, 6.07) is 23.5. The molecule has 4 aromatic rings. The van der Waals surface area contributed by atoms with Crippen LogP contribution in [-0.4, -0.2) is 23.2 Å². The lowest BCUT2D eigenvalue weighted by Crippen LogP contribution is -2.12. The zero-order valence-corrected chi connectivity index (χ0v) is 15.5. The maximum atomic E-state index is 12.4. The highest BCUT2D eigenvalue weighted by atomic mass is 16.5. The molecule has 1 N–H and O–H groups in total. The van der Waals surface area contributed by atoms with E-state index < -0.39 is 5.91 Å². The third-order valence-electron chi connectivity index (χ3n) is 4.05. The van der Waals surface area contributed by atoms with Crippen molar-refractivity contribution in [1.82, 2.24) is 10.2 Å². The van der Waals surface area contributed by atoms with Crippen LogP contribution < -0.4 is 14.8 Å². The Morgan fingerprint density at radius 1 is 0.828 bits per heavy atom. The second-order valence-corrected chi connectivity index (χ2v) is 6.03. The van der Waals surface area contributed by atoms with Crippen LogP contribution in [0.1, 0.15) is 10.7 Å². The van der Waals surface area contributed by atoms with Crippen molar-refractivity contribution in [1.29, 1.82) is 0 Å². The van der Waals surface area contributed by atoms with Gasteiger partial charge in [-0.1, -0.05) is 18.2 Å². The van der Waals surface area contributed by atoms with E-state index in [1.54, 1.807) is 55.6 Å². The number of nitrogens with one attached hydrogen (secondary N) is 1. The van der Waals surface area contributed by atoms with E-state index in [-0.39, 0.29) is 11.8 Å². The number of hydrogen-bond acceptors (Lipinski definition) is 6. The largest absolute Gasteiger partial charge is 0.497 e. The number of rotatable bonds is 6. The standard InChI is InChI=1S/C22H17N3O4/c1-27-17-11-7-15(8-12-17)21-24-25-22(29-21)20(26)23-16-9-13-19(14-10-16)28-18-5-3-2-4-6-18/h2-14H,1H3,(H,23,26). The number of amides is 1. The van der Waals surface area contributed by atoms with Crippen LogP contribution in [0.5, 0.6) is 17.2 Å². The SMILES string of the molecule is COc1ccc(-c2nnc(C(=O)Nc3ccc(Oc4ccccc4)cc3)o2)cc1. The van der Waals surface area contributed by atoms with Gasteiger partial charge >= 0.3 is 11.8 Å². The summed E-state index contributed by atoms with van der Waals surface area (Å²) in [5.74, 6) is 1.75. The summed E-state index contributed by atoms with van der Waals surface area (Å²) >= 11 is 0. The van der Waals surface area contributed by atoms with E-state index >= 15 is 0 Å². The Labute approximate surface area is 166 Å². The molecule has 4 rings (SSSR count). The number of anilines is 1. The fourth-order valence-electron chi connectivity index (χ4n) is 2.58. The van der Waals surface area contributed by atoms with Gasteiger partial charge in [-0.15, -0.1) is 10.2 Å². The van der Waals surface area contributed by atoms with Gasteiger partial charge in [0.05, 0.1) is 7.11 Å². The Hall–Kier alpha value is -4.13. The summed E-state index contributed by atoms with van der Waals surface area (Å²) in [5, 5.41) is 10.5. The number of carbonyl (C=O) groups is 1. The molecule has 1 amide bonds. The number of para-hydroxylation sites is 1. The molecule has 7 nitrogen and oxygen atoms in total. The molecular weight excluding hydrogens is 370 g/mol. The normalized spacial score (nSPS) is 10.4. The lowest BCUT2D eigenvalue weighted by Gasteiger charge is -2.07. The maximum Gasteiger partial charge on any atom is 0.313 e. The third-order valence-corrected chi connectivity index (χ3v) is 4.05. The Balaban J connectivity index is 1.41. The first-order valence-electron chi connectivity index (χ1n) is 8.83. The second-order valence-electron chi connectivity index (χ2n) is 6.03. The predicted octanol–water partition coefficient (Wildman–Crippen LogP) is 4.79. The molecule has 0 unspecified atom stereocenters. The minimum absolute atomic E-state index is 0.125. The molecule has 0 bridgehead atoms. The summed E-state index contributed by atoms with van der Waals surface area (Å²) < 4.78 is 16.3. The number of ether oxygens (including phenoxy) is 2. The van der Waals surface area contributed by atoms with Gasteiger partial charge in [-0.3, -0.25) is 4.79 Å². The number of benzene rings is 3. The van der Waals surface area contributed by atoms with Gasteiger partial charge in [-0.05, 0) is 60.7 Å². The van der Waals surface area contributed by atoms with Gasteiger partial charge in [0.2, 0.25) is 5.89 Å². The average molecular weight is 387 g/mol. The molecule has 29 heavy (non-hydrogen) atoms. The zero-order valence-electron chi connectivity index (χ0n) is 15.5. The lowest BCUT2D eigenvalue weighted by atomic mass is 10.2. The van der Waals surface area contributed by atoms with Crippen LogP contribution in [0.15, 0.2) is 83.3 Å². The fourth-order valence-corrected chi connectivity index (χ4v) is 2.58. The van der Waals surface area contributed by atoms with Crippen molar-refractivity contribution < 1.29 is 18.7 Å². The van der Waals surface area contributed by atoms with Gasteiger partial charge in [0, 0.05) is 11.3 Å². The number of methoxy groups -OCH3 is 1. The maximum absolute atomic E-state index is 12.4. The highest BCUT2D eigenvalue weighted by molar-refractivity contribution is 6.00. The molecule has 0 aliphatic rings. The Kier molecular flexibility index (Phi) is 5.20. The average Bonchev–Trinajstić information content (AvgIpc) is 3.26. The van der Waals surface area contributed by atoms with Crippen LogP contribution in [0.4, 0.5) is 5.69 Å². The lowest BCUT2D eigenvalue weighted by molar-refractivity contribution is 0.0991. The molecule has 0 fully saturated rings. The van der Waals surface area contributed by atoms with Gasteiger partial charge in [-0.25, -0.2) is 0 Å². The summed E-state index contributed by atoms with van der Waals surface area (Å²) in [7, 11) is 1.59. The summed E-state index contributed by atoms with van der Waals surface area (Å²) in [5.41, 5.74) is 1.28. The van der Waals surface area contributed by atoms with Crippen molar-refractivity contribution >= 4 is 11.6 Å². The monoisotopic (exact) mass is 387 g/mol. The first-order chi connectivity index (χ1) is 14.2. The van der Waals surface area contributed by atoms with Crippen LogP contribution in [-0.2, 0) is 0 Å². The third kappa shape index (κ3) is 4.41. The molecule has 0 aliphatic heterocycles. The molecule has 144 valence electrons. The molecular formula is C22H17N3O4. The molecule has 1 heterocycles. The van der Waals surface area contributed by atoms with Gasteiger partial charge < -0.3 is 19.2 Å². The molecule has 0 radical (unpaired) electrons. The highest BCUT2D eigenvalue weighted by Gasteiger charge is 2.16. The zero-order chi connectivity index (χ0) is 20.1. The highest BCUT2D eigenvalue weighted by Crippen LogP contribution is 2.24. The van der Waals surface area contributed by atoms with Crippen LogP contribution in [0.2, 0.25) is 0 Å². The summed E-state index contributed by atoms with van der Waals surface area (Å²) in [4.78, 5) is 12.4. The Bertz CT molecular complexity index is 1090. The second kappa shape index (κ2) is 8.26. The van der Waals surface area contributed by atoms with Crippen molar-refractivity contribution in [3.05, 3.63) is 84.8 Å². The fraction of sp³-hybridized carbons (Fsp3) is 0.0455. The summed E-state index contributed by atoms with van der Waals surface area (Å²) in [6.45, 7) is 0. The van der Waals surface area contributed by atoms with Gasteiger partial charge in [0.25, 0.3) is 0 Å². The number of aromatic nitrogens is 2. The Morgan fingerprint density at radius 2 is 1.48 bits per heavy atom.